The van der Waals surface area contributed by atoms with Crippen LogP contribution >= 0.6 is 0 Å². The molecule has 3 atom stereocenters. The predicted octanol–water partition coefficient (Wildman–Crippen LogP) is 0.852. The van der Waals surface area contributed by atoms with Gasteiger partial charge in [-0.15, -0.1) is 0 Å². The molecule has 50 heavy (non-hydrogen) atoms. The molecular formula is C34H39N7O9. The number of nitrogens with two attached hydrogens (primary N) is 1. The van der Waals surface area contributed by atoms with Crippen molar-refractivity contribution in [2.45, 2.75) is 70.6 Å². The van der Waals surface area contributed by atoms with Gasteiger partial charge in [-0.25, -0.2) is 4.79 Å². The average Bonchev–Trinajstić information content (AvgIpc) is 3.92. The Hall–Kier alpha value is -5.22. The van der Waals surface area contributed by atoms with Gasteiger partial charge < -0.3 is 45.1 Å². The van der Waals surface area contributed by atoms with Gasteiger partial charge >= 0.3 is 11.9 Å². The lowest BCUT2D eigenvalue weighted by Gasteiger charge is -2.35. The minimum Gasteiger partial charge on any atom is -0.496 e. The molecule has 0 aromatic heterocycles. The van der Waals surface area contributed by atoms with Crippen LogP contribution in [0.15, 0.2) is 44.8 Å². The van der Waals surface area contributed by atoms with Gasteiger partial charge in [-0.2, -0.15) is 9.98 Å². The van der Waals surface area contributed by atoms with E-state index in [1.54, 1.807) is 37.2 Å². The Morgan fingerprint density at radius 3 is 2.74 bits per heavy atom. The number of esters is 1. The molecule has 5 N–H and O–H groups in total. The maximum absolute atomic E-state index is 13.3. The number of benzene rings is 1. The molecule has 5 aliphatic heterocycles. The molecule has 1 saturated carbocycles. The van der Waals surface area contributed by atoms with Gasteiger partial charge in [0.15, 0.2) is 24.1 Å². The molecule has 16 heteroatoms. The first-order valence-electron chi connectivity index (χ1n) is 16.6. The number of guanidine groups is 1. The van der Waals surface area contributed by atoms with Gasteiger partial charge in [-0.05, 0) is 32.6 Å². The van der Waals surface area contributed by atoms with E-state index in [2.05, 4.69) is 20.3 Å². The number of rotatable bonds is 10. The van der Waals surface area contributed by atoms with Crippen molar-refractivity contribution in [2.24, 2.45) is 26.6 Å². The van der Waals surface area contributed by atoms with Crippen molar-refractivity contribution in [3.8, 4) is 17.2 Å². The average molecular weight is 690 g/mol. The Morgan fingerprint density at radius 2 is 2.04 bits per heavy atom. The van der Waals surface area contributed by atoms with E-state index in [0.717, 1.165) is 25.7 Å². The zero-order chi connectivity index (χ0) is 35.3. The monoisotopic (exact) mass is 689 g/mol. The number of aliphatic imine (C=N–C) groups is 3. The number of nitrogens with zero attached hydrogens (tertiary/aromatic N) is 5. The normalized spacial score (nSPS) is 24.5. The minimum absolute atomic E-state index is 0.0264. The van der Waals surface area contributed by atoms with Crippen LogP contribution in [0.4, 0.5) is 0 Å². The first-order chi connectivity index (χ1) is 24.1. The lowest BCUT2D eigenvalue weighted by molar-refractivity contribution is -0.141. The minimum atomic E-state index is -1.16. The quantitative estimate of drug-likeness (QED) is 0.199. The molecule has 5 heterocycles. The van der Waals surface area contributed by atoms with Crippen LogP contribution in [0.3, 0.4) is 0 Å². The highest BCUT2D eigenvalue weighted by Crippen LogP contribution is 2.55. The van der Waals surface area contributed by atoms with Gasteiger partial charge in [0.05, 0.1) is 37.0 Å². The number of ether oxygens (including phenoxy) is 4. The summed E-state index contributed by atoms with van der Waals surface area (Å²) in [6, 6.07) is 0. The van der Waals surface area contributed by atoms with Crippen LogP contribution in [-0.2, 0) is 32.1 Å². The number of carbonyl (C=O) groups excluding carboxylic acids is 3. The maximum atomic E-state index is 13.3. The van der Waals surface area contributed by atoms with Crippen molar-refractivity contribution in [3.05, 3.63) is 46.5 Å². The summed E-state index contributed by atoms with van der Waals surface area (Å²) >= 11 is 0. The van der Waals surface area contributed by atoms with E-state index in [1.807, 2.05) is 4.90 Å². The number of carbonyl (C=O) groups is 3. The predicted molar refractivity (Wildman–Crippen MR) is 179 cm³/mol. The van der Waals surface area contributed by atoms with E-state index in [0.29, 0.717) is 34.5 Å². The van der Waals surface area contributed by atoms with Gasteiger partial charge in [0, 0.05) is 36.5 Å². The number of allylic oxidation sites excluding steroid dienone is 2. The molecule has 0 spiro atoms. The summed E-state index contributed by atoms with van der Waals surface area (Å²) in [5, 5.41) is 25.7. The zero-order valence-electron chi connectivity index (χ0n) is 28.0. The van der Waals surface area contributed by atoms with Crippen molar-refractivity contribution < 1.29 is 43.5 Å². The number of nitrogens with one attached hydrogen (secondary N) is 1. The molecule has 264 valence electrons. The molecule has 1 aromatic carbocycles. The Bertz CT molecular complexity index is 1840. The summed E-state index contributed by atoms with van der Waals surface area (Å²) in [7, 11) is 1.48. The third-order valence-electron chi connectivity index (χ3n) is 10.1. The number of aliphatic hydroxyl groups excluding tert-OH is 1. The number of hydrogen-bond donors (Lipinski definition) is 4. The number of methoxy groups -OCH3 is 1. The molecule has 0 bridgehead atoms. The fourth-order valence-corrected chi connectivity index (χ4v) is 7.62. The van der Waals surface area contributed by atoms with Crippen LogP contribution in [0.2, 0.25) is 0 Å². The summed E-state index contributed by atoms with van der Waals surface area (Å²) < 4.78 is 23.9. The van der Waals surface area contributed by atoms with Gasteiger partial charge in [0.2, 0.25) is 11.7 Å². The highest BCUT2D eigenvalue weighted by molar-refractivity contribution is 6.69. The fourth-order valence-electron chi connectivity index (χ4n) is 7.62. The van der Waals surface area contributed by atoms with E-state index in [-0.39, 0.29) is 72.3 Å². The lowest BCUT2D eigenvalue weighted by Crippen LogP contribution is -2.53. The zero-order valence-corrected chi connectivity index (χ0v) is 28.0. The first kappa shape index (κ1) is 33.3. The molecule has 16 nitrogen and oxygen atoms in total. The number of amides is 1. The van der Waals surface area contributed by atoms with Crippen molar-refractivity contribution in [3.63, 3.8) is 0 Å². The van der Waals surface area contributed by atoms with E-state index in [1.165, 1.54) is 7.11 Å². The Morgan fingerprint density at radius 1 is 1.26 bits per heavy atom. The third kappa shape index (κ3) is 5.29. The maximum Gasteiger partial charge on any atom is 0.375 e. The fraction of sp³-hybridized carbons (Fsp3) is 0.471. The Kier molecular flexibility index (Phi) is 8.59. The van der Waals surface area contributed by atoms with Crippen LogP contribution in [0.1, 0.15) is 56.2 Å². The van der Waals surface area contributed by atoms with E-state index >= 15 is 0 Å². The smallest absolute Gasteiger partial charge is 0.375 e. The second kappa shape index (κ2) is 12.9. The second-order valence-electron chi connectivity index (χ2n) is 12.9. The summed E-state index contributed by atoms with van der Waals surface area (Å²) in [6.07, 6.45) is 8.68. The van der Waals surface area contributed by atoms with Gasteiger partial charge in [-0.3, -0.25) is 19.5 Å². The van der Waals surface area contributed by atoms with Gasteiger partial charge in [-0.1, -0.05) is 18.9 Å². The summed E-state index contributed by atoms with van der Waals surface area (Å²) in [5.41, 5.74) is 6.17. The number of fused-ring (bicyclic) bond motifs is 3. The topological polar surface area (TPSA) is 210 Å². The lowest BCUT2D eigenvalue weighted by atomic mass is 9.81. The van der Waals surface area contributed by atoms with Crippen LogP contribution in [0, 0.1) is 5.92 Å². The van der Waals surface area contributed by atoms with E-state index in [9.17, 15) is 24.6 Å². The van der Waals surface area contributed by atoms with Crippen molar-refractivity contribution in [1.29, 1.82) is 0 Å². The first-order valence-corrected chi connectivity index (χ1v) is 16.6. The summed E-state index contributed by atoms with van der Waals surface area (Å²) in [6.45, 7) is 3.20. The van der Waals surface area contributed by atoms with E-state index in [4.69, 9.17) is 24.7 Å². The Balaban J connectivity index is 1.31. The molecule has 6 aliphatic rings. The van der Waals surface area contributed by atoms with Crippen LogP contribution in [-0.4, -0.2) is 101 Å². The van der Waals surface area contributed by atoms with E-state index < -0.39 is 36.5 Å². The SMILES string of the molecule is CCOC(=O)C1=C(C=O)/C(=C\CN2C=CNC2N2CN=C3C(=O)N=C(N)N=C32)c2c(OC)c3c(c(CO)c2O1)O[C@H]([C@@](C)(O)C1CCCC1)C3. The number of amidine groups is 1. The van der Waals surface area contributed by atoms with Crippen molar-refractivity contribution in [2.75, 3.05) is 26.9 Å². The van der Waals surface area contributed by atoms with Crippen molar-refractivity contribution >= 4 is 41.2 Å². The van der Waals surface area contributed by atoms with Crippen LogP contribution < -0.4 is 25.3 Å². The highest BCUT2D eigenvalue weighted by Gasteiger charge is 2.48. The van der Waals surface area contributed by atoms with Gasteiger partial charge in [0.25, 0.3) is 0 Å². The summed E-state index contributed by atoms with van der Waals surface area (Å²) in [5.74, 6) is -0.906. The van der Waals surface area contributed by atoms with Crippen LogP contribution in [0.25, 0.3) is 5.57 Å². The number of aliphatic hydroxyl groups is 2. The van der Waals surface area contributed by atoms with Crippen LogP contribution in [0.5, 0.6) is 17.2 Å². The molecule has 0 radical (unpaired) electrons. The molecular weight excluding hydrogens is 650 g/mol. The Labute approximate surface area is 287 Å². The third-order valence-corrected chi connectivity index (χ3v) is 10.1. The molecule has 1 fully saturated rings. The molecule has 1 aliphatic carbocycles. The molecule has 7 rings (SSSR count). The largest absolute Gasteiger partial charge is 0.496 e. The molecule has 1 aromatic rings. The standard InChI is InChI=1S/C34H39N7O9/c1-4-48-31(45)28-20(14-42)18(9-11-40-12-10-36-33(40)41-16-37-24-29(41)38-32(35)39-30(24)44)23-26(47-3)19-13-22(34(2,46)17-7-5-6-8-17)49-25(19)21(15-43)27(23)50-28/h9-10,12,14,17,22,33,36,43,46H,4-8,11,13,15-16H2,1-3H3,(H2,35,39,44)/b18-9+/t22-,33?,34-/m0/s1. The molecule has 1 unspecified atom stereocenters. The summed E-state index contributed by atoms with van der Waals surface area (Å²) in [4.78, 5) is 54.4. The molecule has 0 saturated heterocycles. The second-order valence-corrected chi connectivity index (χ2v) is 12.9. The van der Waals surface area contributed by atoms with Gasteiger partial charge in [0.1, 0.15) is 35.6 Å². The highest BCUT2D eigenvalue weighted by atomic mass is 16.6. The molecule has 1 amide bonds. The van der Waals surface area contributed by atoms with Crippen molar-refractivity contribution in [1.82, 2.24) is 15.1 Å². The number of hydrogen-bond acceptors (Lipinski definition) is 15. The number of aldehydes is 1.